The van der Waals surface area contributed by atoms with Crippen LogP contribution in [0.1, 0.15) is 34.1 Å². The maximum absolute atomic E-state index is 11.0. The Morgan fingerprint density at radius 3 is 1.92 bits per heavy atom. The third kappa shape index (κ3) is 4.50. The Morgan fingerprint density at radius 1 is 1.08 bits per heavy atom. The molecule has 0 rings (SSSR count). The van der Waals surface area contributed by atoms with Gasteiger partial charge < -0.3 is 0 Å². The summed E-state index contributed by atoms with van der Waals surface area (Å²) in [6.07, 6.45) is 0.665. The van der Waals surface area contributed by atoms with E-state index >= 15 is 0 Å². The van der Waals surface area contributed by atoms with E-state index in [0.29, 0.717) is 6.42 Å². The van der Waals surface area contributed by atoms with Crippen molar-refractivity contribution in [2.24, 2.45) is 11.8 Å². The van der Waals surface area contributed by atoms with Crippen molar-refractivity contribution in [1.82, 2.24) is 0 Å². The monoisotopic (exact) mass is 188 g/mol. The smallest absolute Gasteiger partial charge is 0.247 e. The molecule has 0 N–H and O–H groups in total. The molecule has 4 heteroatoms. The summed E-state index contributed by atoms with van der Waals surface area (Å²) in [6, 6.07) is 0. The number of hydrogen-bond donors (Lipinski definition) is 0. The van der Waals surface area contributed by atoms with Crippen molar-refractivity contribution in [3.63, 3.8) is 0 Å². The Hall–Kier alpha value is -1.06. The van der Waals surface area contributed by atoms with Crippen molar-refractivity contribution < 1.29 is 19.4 Å². The Labute approximate surface area is 78.1 Å². The normalized spacial score (nSPS) is 12.4. The second-order valence-corrected chi connectivity index (χ2v) is 3.27. The van der Waals surface area contributed by atoms with Crippen molar-refractivity contribution in [2.75, 3.05) is 0 Å². The van der Waals surface area contributed by atoms with Gasteiger partial charge >= 0.3 is 11.9 Å². The Morgan fingerprint density at radius 2 is 1.54 bits per heavy atom. The molecule has 0 amide bonds. The molecule has 0 saturated carbocycles. The Balaban J connectivity index is 3.77. The molecule has 1 atom stereocenters. The maximum atomic E-state index is 11.0. The second-order valence-electron chi connectivity index (χ2n) is 3.27. The maximum Gasteiger partial charge on any atom is 0.358 e. The summed E-state index contributed by atoms with van der Waals surface area (Å²) in [7, 11) is 0. The van der Waals surface area contributed by atoms with Gasteiger partial charge in [-0.15, -0.1) is 0 Å². The summed E-state index contributed by atoms with van der Waals surface area (Å²) in [5, 5.41) is 0. The van der Waals surface area contributed by atoms with Crippen LogP contribution >= 0.6 is 0 Å². The van der Waals surface area contributed by atoms with E-state index in [1.165, 1.54) is 0 Å². The summed E-state index contributed by atoms with van der Waals surface area (Å²) in [5.74, 6) is -1.56. The quantitative estimate of drug-likeness (QED) is 0.499. The van der Waals surface area contributed by atoms with Gasteiger partial charge in [0.1, 0.15) is 0 Å². The molecule has 0 aromatic carbocycles. The topological polar surface area (TPSA) is 52.6 Å². The van der Waals surface area contributed by atoms with E-state index < -0.39 is 11.9 Å². The highest BCUT2D eigenvalue weighted by Gasteiger charge is 2.17. The first-order valence-corrected chi connectivity index (χ1v) is 4.41. The van der Waals surface area contributed by atoms with Crippen LogP contribution in [0.2, 0.25) is 0 Å². The average molecular weight is 188 g/mol. The molecular formula is C9H16O4. The van der Waals surface area contributed by atoms with Gasteiger partial charge in [0.05, 0.1) is 11.8 Å². The van der Waals surface area contributed by atoms with Gasteiger partial charge in [0.2, 0.25) is 0 Å². The van der Waals surface area contributed by atoms with Crippen molar-refractivity contribution >= 4 is 11.9 Å². The van der Waals surface area contributed by atoms with Crippen LogP contribution in [0, 0.1) is 11.8 Å². The minimum absolute atomic E-state index is 0.236. The van der Waals surface area contributed by atoms with Crippen LogP contribution in [0.5, 0.6) is 0 Å². The molecule has 1 unspecified atom stereocenters. The SMILES string of the molecule is CCC(C)C(=O)OOC(=O)C(C)C. The minimum Gasteiger partial charge on any atom is -0.247 e. The lowest BCUT2D eigenvalue weighted by molar-refractivity contribution is -0.264. The second kappa shape index (κ2) is 5.56. The first kappa shape index (κ1) is 11.9. The minimum atomic E-state index is -0.531. The average Bonchev–Trinajstić information content (AvgIpc) is 2.11. The number of hydrogen-bond acceptors (Lipinski definition) is 4. The van der Waals surface area contributed by atoms with Gasteiger partial charge in [-0.3, -0.25) is 0 Å². The van der Waals surface area contributed by atoms with E-state index in [1.807, 2.05) is 6.92 Å². The molecule has 0 aromatic rings. The van der Waals surface area contributed by atoms with Gasteiger partial charge in [-0.05, 0) is 6.42 Å². The van der Waals surface area contributed by atoms with Crippen molar-refractivity contribution in [3.05, 3.63) is 0 Å². The van der Waals surface area contributed by atoms with E-state index in [1.54, 1.807) is 20.8 Å². The Kier molecular flexibility index (Phi) is 5.11. The predicted octanol–water partition coefficient (Wildman–Crippen LogP) is 1.69. The zero-order chi connectivity index (χ0) is 10.4. The molecule has 0 spiro atoms. The Bertz CT molecular complexity index is 186. The molecule has 0 aliphatic carbocycles. The highest BCUT2D eigenvalue weighted by Crippen LogP contribution is 2.05. The van der Waals surface area contributed by atoms with Crippen LogP contribution < -0.4 is 0 Å². The highest BCUT2D eigenvalue weighted by atomic mass is 17.2. The van der Waals surface area contributed by atoms with E-state index in [0.717, 1.165) is 0 Å². The van der Waals surface area contributed by atoms with E-state index in [9.17, 15) is 9.59 Å². The molecule has 4 nitrogen and oxygen atoms in total. The first-order chi connectivity index (χ1) is 5.99. The zero-order valence-electron chi connectivity index (χ0n) is 8.49. The molecule has 0 aliphatic rings. The molecule has 0 fully saturated rings. The van der Waals surface area contributed by atoms with Gasteiger partial charge in [-0.2, -0.15) is 0 Å². The van der Waals surface area contributed by atoms with Gasteiger partial charge in [0.15, 0.2) is 0 Å². The van der Waals surface area contributed by atoms with Gasteiger partial charge in [-0.1, -0.05) is 27.7 Å². The number of rotatable bonds is 3. The molecule has 0 aliphatic heterocycles. The van der Waals surface area contributed by atoms with E-state index in [2.05, 4.69) is 9.78 Å². The first-order valence-electron chi connectivity index (χ1n) is 4.41. The van der Waals surface area contributed by atoms with Crippen LogP contribution in [0.15, 0.2) is 0 Å². The molecule has 0 radical (unpaired) electrons. The summed E-state index contributed by atoms with van der Waals surface area (Å²) >= 11 is 0. The standard InChI is InChI=1S/C9H16O4/c1-5-7(4)9(11)13-12-8(10)6(2)3/h6-7H,5H2,1-4H3. The zero-order valence-corrected chi connectivity index (χ0v) is 8.49. The predicted molar refractivity (Wildman–Crippen MR) is 46.5 cm³/mol. The van der Waals surface area contributed by atoms with Crippen LogP contribution in [0.3, 0.4) is 0 Å². The lowest BCUT2D eigenvalue weighted by atomic mass is 10.1. The third-order valence-electron chi connectivity index (χ3n) is 1.69. The molecule has 0 aromatic heterocycles. The van der Waals surface area contributed by atoms with Crippen molar-refractivity contribution in [2.45, 2.75) is 34.1 Å². The molecule has 0 saturated heterocycles. The van der Waals surface area contributed by atoms with Gasteiger partial charge in [0.25, 0.3) is 0 Å². The van der Waals surface area contributed by atoms with Crippen LogP contribution in [0.4, 0.5) is 0 Å². The lowest BCUT2D eigenvalue weighted by Gasteiger charge is -2.07. The fourth-order valence-electron chi connectivity index (χ4n) is 0.427. The molecular weight excluding hydrogens is 172 g/mol. The van der Waals surface area contributed by atoms with Crippen molar-refractivity contribution in [3.8, 4) is 0 Å². The molecule has 13 heavy (non-hydrogen) atoms. The third-order valence-corrected chi connectivity index (χ3v) is 1.69. The highest BCUT2D eigenvalue weighted by molar-refractivity contribution is 5.75. The van der Waals surface area contributed by atoms with Gasteiger partial charge in [0, 0.05) is 0 Å². The largest absolute Gasteiger partial charge is 0.358 e. The fraction of sp³-hybridized carbons (Fsp3) is 0.778. The van der Waals surface area contributed by atoms with Crippen LogP contribution in [-0.2, 0) is 19.4 Å². The molecule has 76 valence electrons. The number of carbonyl (C=O) groups excluding carboxylic acids is 2. The van der Waals surface area contributed by atoms with E-state index in [4.69, 9.17) is 0 Å². The summed E-state index contributed by atoms with van der Waals surface area (Å²) in [6.45, 7) is 6.90. The summed E-state index contributed by atoms with van der Waals surface area (Å²) in [5.41, 5.74) is 0. The number of carbonyl (C=O) groups is 2. The van der Waals surface area contributed by atoms with Crippen LogP contribution in [-0.4, -0.2) is 11.9 Å². The van der Waals surface area contributed by atoms with E-state index in [-0.39, 0.29) is 11.8 Å². The van der Waals surface area contributed by atoms with Gasteiger partial charge in [-0.25, -0.2) is 19.4 Å². The fourth-order valence-corrected chi connectivity index (χ4v) is 0.427. The summed E-state index contributed by atoms with van der Waals surface area (Å²) < 4.78 is 0. The summed E-state index contributed by atoms with van der Waals surface area (Å²) in [4.78, 5) is 30.5. The van der Waals surface area contributed by atoms with Crippen molar-refractivity contribution in [1.29, 1.82) is 0 Å². The lowest BCUT2D eigenvalue weighted by Crippen LogP contribution is -2.19. The van der Waals surface area contributed by atoms with Crippen LogP contribution in [0.25, 0.3) is 0 Å². The molecule has 0 bridgehead atoms. The molecule has 0 heterocycles.